The molecule has 7 nitrogen and oxygen atoms in total. The first-order chi connectivity index (χ1) is 10.8. The van der Waals surface area contributed by atoms with Crippen molar-refractivity contribution in [2.24, 2.45) is 16.7 Å². The van der Waals surface area contributed by atoms with Crippen LogP contribution in [0.25, 0.3) is 0 Å². The van der Waals surface area contributed by atoms with Crippen molar-refractivity contribution < 1.29 is 27.4 Å². The Bertz CT molecular complexity index is 583. The van der Waals surface area contributed by atoms with Gasteiger partial charge in [-0.15, -0.1) is 0 Å². The van der Waals surface area contributed by atoms with Crippen molar-refractivity contribution in [3.63, 3.8) is 0 Å². The zero-order chi connectivity index (χ0) is 16.9. The summed E-state index contributed by atoms with van der Waals surface area (Å²) in [5, 5.41) is 2.84. The van der Waals surface area contributed by atoms with Gasteiger partial charge in [-0.2, -0.15) is 0 Å². The molecule has 0 aromatic carbocycles. The van der Waals surface area contributed by atoms with Crippen molar-refractivity contribution in [1.29, 1.82) is 0 Å². The van der Waals surface area contributed by atoms with Crippen LogP contribution in [0.1, 0.15) is 26.2 Å². The predicted molar refractivity (Wildman–Crippen MR) is 82.2 cm³/mol. The van der Waals surface area contributed by atoms with Gasteiger partial charge in [-0.1, -0.05) is 6.92 Å². The molecule has 2 saturated carbocycles. The van der Waals surface area contributed by atoms with Gasteiger partial charge in [-0.25, -0.2) is 8.42 Å². The summed E-state index contributed by atoms with van der Waals surface area (Å²) < 4.78 is 41.8. The lowest BCUT2D eigenvalue weighted by Crippen LogP contribution is -2.53. The van der Waals surface area contributed by atoms with E-state index in [1.807, 2.05) is 6.92 Å². The minimum Gasteiger partial charge on any atom is -0.355 e. The fourth-order valence-corrected chi connectivity index (χ4v) is 7.05. The molecule has 3 aliphatic rings. The van der Waals surface area contributed by atoms with Crippen LogP contribution in [0, 0.1) is 16.7 Å². The van der Waals surface area contributed by atoms with Gasteiger partial charge in [-0.05, 0) is 18.8 Å². The SMILES string of the molecule is COC(OC)C1(C)C2CCC1(CS(=O)(=O)C1NCCO1)C(=O)C2. The van der Waals surface area contributed by atoms with Crippen LogP contribution < -0.4 is 5.32 Å². The lowest BCUT2D eigenvalue weighted by atomic mass is 9.68. The van der Waals surface area contributed by atoms with Crippen molar-refractivity contribution in [3.05, 3.63) is 0 Å². The summed E-state index contributed by atoms with van der Waals surface area (Å²) in [4.78, 5) is 12.8. The van der Waals surface area contributed by atoms with Gasteiger partial charge in [0.05, 0.1) is 17.8 Å². The van der Waals surface area contributed by atoms with E-state index in [-0.39, 0.29) is 17.5 Å². The quantitative estimate of drug-likeness (QED) is 0.691. The van der Waals surface area contributed by atoms with E-state index in [0.29, 0.717) is 26.0 Å². The summed E-state index contributed by atoms with van der Waals surface area (Å²) >= 11 is 0. The van der Waals surface area contributed by atoms with E-state index in [2.05, 4.69) is 5.32 Å². The first-order valence-electron chi connectivity index (χ1n) is 7.97. The van der Waals surface area contributed by atoms with E-state index >= 15 is 0 Å². The first kappa shape index (κ1) is 17.3. The molecule has 1 saturated heterocycles. The summed E-state index contributed by atoms with van der Waals surface area (Å²) in [6.07, 6.45) is 1.17. The molecule has 0 aromatic heterocycles. The Labute approximate surface area is 137 Å². The third kappa shape index (κ3) is 2.30. The number of nitrogens with one attached hydrogen (secondary N) is 1. The van der Waals surface area contributed by atoms with Crippen molar-refractivity contribution in [1.82, 2.24) is 5.32 Å². The number of hydrogen-bond acceptors (Lipinski definition) is 7. The van der Waals surface area contributed by atoms with Crippen LogP contribution in [0.5, 0.6) is 0 Å². The monoisotopic (exact) mass is 347 g/mol. The van der Waals surface area contributed by atoms with E-state index in [0.717, 1.165) is 6.42 Å². The van der Waals surface area contributed by atoms with Gasteiger partial charge in [0.15, 0.2) is 16.1 Å². The molecule has 4 atom stereocenters. The molecule has 1 N–H and O–H groups in total. The fraction of sp³-hybridized carbons (Fsp3) is 0.933. The van der Waals surface area contributed by atoms with Gasteiger partial charge in [0.25, 0.3) is 0 Å². The second-order valence-corrected chi connectivity index (χ2v) is 9.04. The normalized spacial score (nSPS) is 40.4. The number of carbonyl (C=O) groups is 1. The van der Waals surface area contributed by atoms with Crippen LogP contribution in [0.2, 0.25) is 0 Å². The summed E-state index contributed by atoms with van der Waals surface area (Å²) in [5.41, 5.74) is -2.61. The number of sulfone groups is 1. The van der Waals surface area contributed by atoms with Gasteiger partial charge < -0.3 is 14.2 Å². The Morgan fingerprint density at radius 2 is 2.09 bits per heavy atom. The Balaban J connectivity index is 1.98. The summed E-state index contributed by atoms with van der Waals surface area (Å²) in [6.45, 7) is 2.80. The van der Waals surface area contributed by atoms with Gasteiger partial charge in [-0.3, -0.25) is 10.1 Å². The molecule has 0 amide bonds. The molecule has 4 unspecified atom stereocenters. The molecule has 1 heterocycles. The topological polar surface area (TPSA) is 90.9 Å². The number of ketones is 1. The molecule has 3 rings (SSSR count). The van der Waals surface area contributed by atoms with Gasteiger partial charge >= 0.3 is 0 Å². The largest absolute Gasteiger partial charge is 0.355 e. The molecular weight excluding hydrogens is 322 g/mol. The molecule has 0 aromatic rings. The van der Waals surface area contributed by atoms with Crippen molar-refractivity contribution >= 4 is 15.6 Å². The molecule has 2 aliphatic carbocycles. The number of fused-ring (bicyclic) bond motifs is 2. The standard InChI is InChI=1S/C15H25NO6S/c1-14(12(20-2)21-3)10-4-5-15(14,11(17)8-10)9-23(18,19)13-16-6-7-22-13/h10,12-13,16H,4-9H2,1-3H3. The molecule has 0 spiro atoms. The Hall–Kier alpha value is -0.540. The number of rotatable bonds is 6. The molecule has 23 heavy (non-hydrogen) atoms. The number of Topliss-reactive ketones (excluding diaryl/α,β-unsaturated/α-hetero) is 1. The fourth-order valence-electron chi connectivity index (χ4n) is 4.92. The second-order valence-electron chi connectivity index (χ2n) is 7.00. The highest BCUT2D eigenvalue weighted by Crippen LogP contribution is 2.66. The number of methoxy groups -OCH3 is 2. The second kappa shape index (κ2) is 5.77. The van der Waals surface area contributed by atoms with Gasteiger partial charge in [0.1, 0.15) is 5.78 Å². The third-order valence-corrected chi connectivity index (χ3v) is 7.99. The van der Waals surface area contributed by atoms with E-state index in [1.54, 1.807) is 0 Å². The molecule has 0 radical (unpaired) electrons. The van der Waals surface area contributed by atoms with E-state index in [9.17, 15) is 13.2 Å². The van der Waals surface area contributed by atoms with Crippen molar-refractivity contribution in [3.8, 4) is 0 Å². The summed E-state index contributed by atoms with van der Waals surface area (Å²) in [7, 11) is -0.540. The van der Waals surface area contributed by atoms with Crippen LogP contribution in [-0.4, -0.2) is 59.2 Å². The Kier molecular flexibility index (Phi) is 4.34. The Morgan fingerprint density at radius 1 is 1.39 bits per heavy atom. The summed E-state index contributed by atoms with van der Waals surface area (Å²) in [6, 6.07) is 0. The van der Waals surface area contributed by atoms with E-state index < -0.39 is 32.5 Å². The molecule has 3 fully saturated rings. The molecular formula is C15H25NO6S. The van der Waals surface area contributed by atoms with E-state index in [1.165, 1.54) is 14.2 Å². The average molecular weight is 347 g/mol. The minimum absolute atomic E-state index is 0.0110. The van der Waals surface area contributed by atoms with Crippen LogP contribution in [0.15, 0.2) is 0 Å². The van der Waals surface area contributed by atoms with Crippen LogP contribution in [-0.2, 0) is 28.8 Å². The number of ether oxygens (including phenoxy) is 3. The highest BCUT2D eigenvalue weighted by molar-refractivity contribution is 7.91. The maximum absolute atomic E-state index is 12.8. The van der Waals surface area contributed by atoms with Crippen LogP contribution >= 0.6 is 0 Å². The smallest absolute Gasteiger partial charge is 0.212 e. The molecule has 1 aliphatic heterocycles. The van der Waals surface area contributed by atoms with Gasteiger partial charge in [0.2, 0.25) is 5.56 Å². The number of carbonyl (C=O) groups excluding carboxylic acids is 1. The maximum Gasteiger partial charge on any atom is 0.212 e. The zero-order valence-corrected chi connectivity index (χ0v) is 14.6. The van der Waals surface area contributed by atoms with Gasteiger partial charge in [0, 0.05) is 32.6 Å². The van der Waals surface area contributed by atoms with Crippen molar-refractivity contribution in [2.45, 2.75) is 38.0 Å². The average Bonchev–Trinajstić information content (AvgIpc) is 3.16. The lowest BCUT2D eigenvalue weighted by Gasteiger charge is -2.43. The lowest BCUT2D eigenvalue weighted by molar-refractivity contribution is -0.202. The predicted octanol–water partition coefficient (Wildman–Crippen LogP) is 0.299. The van der Waals surface area contributed by atoms with E-state index in [4.69, 9.17) is 14.2 Å². The molecule has 8 heteroatoms. The van der Waals surface area contributed by atoms with Crippen LogP contribution in [0.3, 0.4) is 0 Å². The zero-order valence-electron chi connectivity index (χ0n) is 13.8. The highest BCUT2D eigenvalue weighted by Gasteiger charge is 2.71. The summed E-state index contributed by atoms with van der Waals surface area (Å²) in [5.74, 6) is -0.114. The minimum atomic E-state index is -3.61. The molecule has 132 valence electrons. The number of hydrogen-bond donors (Lipinski definition) is 1. The maximum atomic E-state index is 12.8. The first-order valence-corrected chi connectivity index (χ1v) is 9.69. The molecule has 2 bridgehead atoms. The van der Waals surface area contributed by atoms with Crippen molar-refractivity contribution in [2.75, 3.05) is 33.1 Å². The highest BCUT2D eigenvalue weighted by atomic mass is 32.2. The Morgan fingerprint density at radius 3 is 2.61 bits per heavy atom. The van der Waals surface area contributed by atoms with Crippen LogP contribution in [0.4, 0.5) is 0 Å². The third-order valence-electron chi connectivity index (χ3n) is 6.14.